The summed E-state index contributed by atoms with van der Waals surface area (Å²) in [7, 11) is 0. The van der Waals surface area contributed by atoms with Crippen LogP contribution in [0.1, 0.15) is 12.5 Å². The Morgan fingerprint density at radius 1 is 1.17 bits per heavy atom. The number of hydrogen-bond donors (Lipinski definition) is 0. The molecule has 0 spiro atoms. The minimum absolute atomic E-state index is 0.226. The second kappa shape index (κ2) is 7.11. The molecular formula is C19H14FNOS2. The fourth-order valence-electron chi connectivity index (χ4n) is 2.37. The molecule has 0 N–H and O–H groups in total. The van der Waals surface area contributed by atoms with Crippen LogP contribution in [0.15, 0.2) is 71.2 Å². The van der Waals surface area contributed by atoms with Crippen LogP contribution in [-0.4, -0.2) is 10.2 Å². The van der Waals surface area contributed by atoms with Crippen molar-refractivity contribution in [2.45, 2.75) is 6.92 Å². The number of carbonyl (C=O) groups excluding carboxylic acids is 1. The molecule has 2 aromatic carbocycles. The van der Waals surface area contributed by atoms with Crippen molar-refractivity contribution in [3.63, 3.8) is 0 Å². The molecular weight excluding hydrogens is 341 g/mol. The molecule has 3 rings (SSSR count). The molecule has 1 fully saturated rings. The highest BCUT2D eigenvalue weighted by atomic mass is 32.2. The molecule has 1 heterocycles. The fourth-order valence-corrected chi connectivity index (χ4v) is 3.71. The van der Waals surface area contributed by atoms with E-state index in [2.05, 4.69) is 0 Å². The Hall–Kier alpha value is -2.24. The van der Waals surface area contributed by atoms with Gasteiger partial charge in [-0.1, -0.05) is 66.5 Å². The Morgan fingerprint density at radius 2 is 1.92 bits per heavy atom. The molecule has 24 heavy (non-hydrogen) atoms. The van der Waals surface area contributed by atoms with Crippen LogP contribution in [0.5, 0.6) is 0 Å². The number of anilines is 1. The van der Waals surface area contributed by atoms with Crippen molar-refractivity contribution >= 4 is 46.0 Å². The lowest BCUT2D eigenvalue weighted by atomic mass is 10.1. The van der Waals surface area contributed by atoms with Crippen molar-refractivity contribution in [1.82, 2.24) is 0 Å². The van der Waals surface area contributed by atoms with Crippen molar-refractivity contribution in [3.8, 4) is 0 Å². The van der Waals surface area contributed by atoms with Crippen LogP contribution < -0.4 is 4.90 Å². The van der Waals surface area contributed by atoms with Gasteiger partial charge in [-0.3, -0.25) is 9.69 Å². The van der Waals surface area contributed by atoms with Gasteiger partial charge in [-0.25, -0.2) is 4.39 Å². The van der Waals surface area contributed by atoms with Gasteiger partial charge in [0, 0.05) is 0 Å². The van der Waals surface area contributed by atoms with Crippen LogP contribution in [0.4, 0.5) is 10.1 Å². The highest BCUT2D eigenvalue weighted by Gasteiger charge is 2.33. The van der Waals surface area contributed by atoms with Crippen molar-refractivity contribution < 1.29 is 9.18 Å². The first kappa shape index (κ1) is 16.6. The number of nitrogens with zero attached hydrogens (tertiary/aromatic N) is 1. The molecule has 2 aromatic rings. The number of thiocarbonyl (C=S) groups is 1. The smallest absolute Gasteiger partial charge is 0.268 e. The number of amides is 1. The summed E-state index contributed by atoms with van der Waals surface area (Å²) in [5.41, 5.74) is 2.46. The van der Waals surface area contributed by atoms with Crippen molar-refractivity contribution in [3.05, 3.63) is 82.5 Å². The third kappa shape index (κ3) is 3.63. The minimum atomic E-state index is -0.398. The van der Waals surface area contributed by atoms with Gasteiger partial charge in [0.05, 0.1) is 10.6 Å². The number of carbonyl (C=O) groups is 1. The molecule has 0 unspecified atom stereocenters. The normalized spacial score (nSPS) is 17.0. The highest BCUT2D eigenvalue weighted by Crippen LogP contribution is 2.35. The highest BCUT2D eigenvalue weighted by molar-refractivity contribution is 8.27. The Kier molecular flexibility index (Phi) is 4.92. The molecule has 0 atom stereocenters. The van der Waals surface area contributed by atoms with Gasteiger partial charge in [0.25, 0.3) is 5.91 Å². The van der Waals surface area contributed by atoms with Crippen LogP contribution in [-0.2, 0) is 4.79 Å². The molecule has 5 heteroatoms. The van der Waals surface area contributed by atoms with Gasteiger partial charge in [0.1, 0.15) is 5.82 Å². The Labute approximate surface area is 149 Å². The van der Waals surface area contributed by atoms with E-state index in [0.717, 1.165) is 11.1 Å². The molecule has 2 nitrogen and oxygen atoms in total. The van der Waals surface area contributed by atoms with E-state index in [0.29, 0.717) is 14.9 Å². The van der Waals surface area contributed by atoms with E-state index in [4.69, 9.17) is 12.2 Å². The first-order valence-corrected chi connectivity index (χ1v) is 8.54. The molecule has 0 aliphatic carbocycles. The topological polar surface area (TPSA) is 20.3 Å². The average Bonchev–Trinajstić information content (AvgIpc) is 2.82. The van der Waals surface area contributed by atoms with Crippen molar-refractivity contribution in [1.29, 1.82) is 0 Å². The molecule has 0 aromatic heterocycles. The van der Waals surface area contributed by atoms with Gasteiger partial charge in [-0.15, -0.1) is 0 Å². The maximum Gasteiger partial charge on any atom is 0.270 e. The van der Waals surface area contributed by atoms with Crippen LogP contribution >= 0.6 is 24.0 Å². The van der Waals surface area contributed by atoms with Crippen molar-refractivity contribution in [2.24, 2.45) is 0 Å². The number of thioether (sulfide) groups is 1. The van der Waals surface area contributed by atoms with Crippen molar-refractivity contribution in [2.75, 3.05) is 4.90 Å². The zero-order chi connectivity index (χ0) is 17.1. The monoisotopic (exact) mass is 355 g/mol. The van der Waals surface area contributed by atoms with E-state index in [1.165, 1.54) is 28.8 Å². The third-order valence-corrected chi connectivity index (χ3v) is 4.71. The lowest BCUT2D eigenvalue weighted by Crippen LogP contribution is -2.27. The molecule has 1 amide bonds. The summed E-state index contributed by atoms with van der Waals surface area (Å²) in [6.07, 6.45) is 3.81. The average molecular weight is 355 g/mol. The van der Waals surface area contributed by atoms with E-state index in [1.807, 2.05) is 49.4 Å². The molecule has 0 saturated carbocycles. The summed E-state index contributed by atoms with van der Waals surface area (Å²) in [4.78, 5) is 14.5. The third-order valence-electron chi connectivity index (χ3n) is 3.41. The zero-order valence-corrected chi connectivity index (χ0v) is 14.5. The number of allylic oxidation sites excluding steroid dienone is 2. The van der Waals surface area contributed by atoms with E-state index >= 15 is 0 Å². The number of hydrogen-bond acceptors (Lipinski definition) is 3. The summed E-state index contributed by atoms with van der Waals surface area (Å²) in [5.74, 6) is -0.623. The Balaban J connectivity index is 1.87. The first-order chi connectivity index (χ1) is 11.5. The molecule has 0 bridgehead atoms. The quantitative estimate of drug-likeness (QED) is 0.559. The second-order valence-electron chi connectivity index (χ2n) is 5.30. The number of benzene rings is 2. The first-order valence-electron chi connectivity index (χ1n) is 7.31. The van der Waals surface area contributed by atoms with Crippen LogP contribution in [0, 0.1) is 5.82 Å². The van der Waals surface area contributed by atoms with Gasteiger partial charge in [-0.2, -0.15) is 0 Å². The van der Waals surface area contributed by atoms with Gasteiger partial charge < -0.3 is 0 Å². The van der Waals surface area contributed by atoms with Crippen LogP contribution in [0.2, 0.25) is 0 Å². The molecule has 1 saturated heterocycles. The van der Waals surface area contributed by atoms with Gasteiger partial charge in [-0.05, 0) is 42.3 Å². The summed E-state index contributed by atoms with van der Waals surface area (Å²) in [6.45, 7) is 1.93. The van der Waals surface area contributed by atoms with E-state index in [9.17, 15) is 9.18 Å². The largest absolute Gasteiger partial charge is 0.270 e. The van der Waals surface area contributed by atoms with Crippen LogP contribution in [0.3, 0.4) is 0 Å². The number of halogens is 1. The lowest BCUT2D eigenvalue weighted by molar-refractivity contribution is -0.113. The molecule has 1 aliphatic rings. The lowest BCUT2D eigenvalue weighted by Gasteiger charge is -2.14. The Bertz CT molecular complexity index is 859. The van der Waals surface area contributed by atoms with E-state index in [1.54, 1.807) is 12.1 Å². The fraction of sp³-hybridized carbons (Fsp3) is 0.0526. The Morgan fingerprint density at radius 3 is 2.62 bits per heavy atom. The molecule has 0 radical (unpaired) electrons. The molecule has 1 aliphatic heterocycles. The maximum absolute atomic E-state index is 13.4. The van der Waals surface area contributed by atoms with E-state index < -0.39 is 5.82 Å². The van der Waals surface area contributed by atoms with E-state index in [-0.39, 0.29) is 5.91 Å². The summed E-state index contributed by atoms with van der Waals surface area (Å²) < 4.78 is 13.8. The minimum Gasteiger partial charge on any atom is -0.268 e. The SMILES string of the molecule is CC(=C/c1ccccc1)/C=C1/SC(=S)N(c2cccc(F)c2)C1=O. The standard InChI is InChI=1S/C19H14FNOS2/c1-13(10-14-6-3-2-4-7-14)11-17-18(22)21(19(23)24-17)16-9-5-8-15(20)12-16/h2-12H,1H3/b13-10-,17-11+. The predicted molar refractivity (Wildman–Crippen MR) is 102 cm³/mol. The van der Waals surface area contributed by atoms with Gasteiger partial charge in [0.2, 0.25) is 0 Å². The van der Waals surface area contributed by atoms with Gasteiger partial charge >= 0.3 is 0 Å². The summed E-state index contributed by atoms with van der Waals surface area (Å²) >= 11 is 6.51. The van der Waals surface area contributed by atoms with Gasteiger partial charge in [0.15, 0.2) is 4.32 Å². The molecule has 120 valence electrons. The summed E-state index contributed by atoms with van der Waals surface area (Å²) in [6, 6.07) is 15.7. The summed E-state index contributed by atoms with van der Waals surface area (Å²) in [5, 5.41) is 0. The number of rotatable bonds is 3. The zero-order valence-electron chi connectivity index (χ0n) is 12.9. The maximum atomic E-state index is 13.4. The van der Waals surface area contributed by atoms with Crippen LogP contribution in [0.25, 0.3) is 6.08 Å². The second-order valence-corrected chi connectivity index (χ2v) is 6.97. The predicted octanol–water partition coefficient (Wildman–Crippen LogP) is 5.18.